The SMILES string of the molecule is CCC(Cc1ccc(C(=O)O)o1)C(=O)OC(C)(C)C. The molecule has 1 N–H and O–H groups in total. The Morgan fingerprint density at radius 1 is 1.37 bits per heavy atom. The number of carbonyl (C=O) groups is 2. The second-order valence-corrected chi connectivity index (χ2v) is 5.41. The first-order valence-electron chi connectivity index (χ1n) is 6.27. The number of hydrogen-bond acceptors (Lipinski definition) is 4. The smallest absolute Gasteiger partial charge is 0.371 e. The molecule has 1 heterocycles. The maximum Gasteiger partial charge on any atom is 0.371 e. The molecule has 0 aliphatic heterocycles. The Kier molecular flexibility index (Phi) is 4.75. The van der Waals surface area contributed by atoms with Crippen molar-refractivity contribution < 1.29 is 23.8 Å². The fraction of sp³-hybridized carbons (Fsp3) is 0.571. The van der Waals surface area contributed by atoms with Crippen LogP contribution in [0.4, 0.5) is 0 Å². The van der Waals surface area contributed by atoms with Crippen LogP contribution in [0.2, 0.25) is 0 Å². The van der Waals surface area contributed by atoms with Crippen LogP contribution in [0.3, 0.4) is 0 Å². The van der Waals surface area contributed by atoms with Crippen molar-refractivity contribution in [3.8, 4) is 0 Å². The van der Waals surface area contributed by atoms with E-state index in [2.05, 4.69) is 0 Å². The third-order valence-electron chi connectivity index (χ3n) is 2.55. The van der Waals surface area contributed by atoms with Gasteiger partial charge in [-0.15, -0.1) is 0 Å². The molecule has 1 rings (SSSR count). The molecule has 0 radical (unpaired) electrons. The number of ether oxygens (including phenoxy) is 1. The second kappa shape index (κ2) is 5.91. The van der Waals surface area contributed by atoms with Gasteiger partial charge in [0.1, 0.15) is 11.4 Å². The van der Waals surface area contributed by atoms with Gasteiger partial charge in [0, 0.05) is 6.42 Å². The van der Waals surface area contributed by atoms with Crippen LogP contribution in [0.5, 0.6) is 0 Å². The van der Waals surface area contributed by atoms with E-state index in [1.807, 2.05) is 27.7 Å². The average molecular weight is 268 g/mol. The quantitative estimate of drug-likeness (QED) is 0.831. The Bertz CT molecular complexity index is 453. The molecule has 1 aromatic rings. The van der Waals surface area contributed by atoms with Gasteiger partial charge in [-0.25, -0.2) is 4.79 Å². The fourth-order valence-corrected chi connectivity index (χ4v) is 1.62. The zero-order chi connectivity index (χ0) is 14.6. The van der Waals surface area contributed by atoms with Crippen LogP contribution in [0.1, 0.15) is 50.4 Å². The maximum atomic E-state index is 12.0. The molecule has 106 valence electrons. The van der Waals surface area contributed by atoms with Crippen molar-refractivity contribution in [1.29, 1.82) is 0 Å². The predicted molar refractivity (Wildman–Crippen MR) is 69.0 cm³/mol. The summed E-state index contributed by atoms with van der Waals surface area (Å²) < 4.78 is 10.5. The number of carbonyl (C=O) groups excluding carboxylic acids is 1. The van der Waals surface area contributed by atoms with Crippen molar-refractivity contribution in [3.63, 3.8) is 0 Å². The molecule has 1 aromatic heterocycles. The highest BCUT2D eigenvalue weighted by Crippen LogP contribution is 2.19. The van der Waals surface area contributed by atoms with Crippen LogP contribution >= 0.6 is 0 Å². The minimum atomic E-state index is -1.11. The number of carboxylic acid groups (broad SMARTS) is 1. The van der Waals surface area contributed by atoms with E-state index in [0.29, 0.717) is 18.6 Å². The number of furan rings is 1. The van der Waals surface area contributed by atoms with E-state index in [9.17, 15) is 9.59 Å². The number of rotatable bonds is 5. The summed E-state index contributed by atoms with van der Waals surface area (Å²) in [6.07, 6.45) is 0.955. The number of esters is 1. The van der Waals surface area contributed by atoms with Crippen molar-refractivity contribution in [2.75, 3.05) is 0 Å². The zero-order valence-electron chi connectivity index (χ0n) is 11.7. The Balaban J connectivity index is 2.70. The lowest BCUT2D eigenvalue weighted by Gasteiger charge is -2.23. The standard InChI is InChI=1S/C14H20O5/c1-5-9(13(17)19-14(2,3)4)8-10-6-7-11(18-10)12(15)16/h6-7,9H,5,8H2,1-4H3,(H,15,16). The molecule has 0 bridgehead atoms. The van der Waals surface area contributed by atoms with Crippen LogP contribution < -0.4 is 0 Å². The molecule has 1 atom stereocenters. The Hall–Kier alpha value is -1.78. The zero-order valence-corrected chi connectivity index (χ0v) is 11.7. The first-order valence-corrected chi connectivity index (χ1v) is 6.27. The third-order valence-corrected chi connectivity index (χ3v) is 2.55. The lowest BCUT2D eigenvalue weighted by molar-refractivity contribution is -0.160. The molecular weight excluding hydrogens is 248 g/mol. The molecule has 0 aromatic carbocycles. The van der Waals surface area contributed by atoms with Gasteiger partial charge < -0.3 is 14.3 Å². The molecular formula is C14H20O5. The van der Waals surface area contributed by atoms with Crippen LogP contribution in [0.15, 0.2) is 16.5 Å². The van der Waals surface area contributed by atoms with Gasteiger partial charge in [0.25, 0.3) is 0 Å². The van der Waals surface area contributed by atoms with Crippen LogP contribution in [0, 0.1) is 5.92 Å². The van der Waals surface area contributed by atoms with Crippen molar-refractivity contribution in [1.82, 2.24) is 0 Å². The fourth-order valence-electron chi connectivity index (χ4n) is 1.62. The van der Waals surface area contributed by atoms with Gasteiger partial charge in [0.2, 0.25) is 5.76 Å². The highest BCUT2D eigenvalue weighted by molar-refractivity contribution is 5.84. The maximum absolute atomic E-state index is 12.0. The molecule has 0 aliphatic rings. The van der Waals surface area contributed by atoms with Crippen LogP contribution in [-0.2, 0) is 16.0 Å². The van der Waals surface area contributed by atoms with Gasteiger partial charge in [-0.1, -0.05) is 6.92 Å². The van der Waals surface area contributed by atoms with E-state index in [1.165, 1.54) is 6.07 Å². The van der Waals surface area contributed by atoms with E-state index in [1.54, 1.807) is 6.07 Å². The lowest BCUT2D eigenvalue weighted by Crippen LogP contribution is -2.29. The molecule has 0 saturated heterocycles. The molecule has 0 amide bonds. The Labute approximate surface area is 112 Å². The number of hydrogen-bond donors (Lipinski definition) is 1. The van der Waals surface area contributed by atoms with E-state index in [0.717, 1.165) is 0 Å². The van der Waals surface area contributed by atoms with Crippen LogP contribution in [-0.4, -0.2) is 22.6 Å². The van der Waals surface area contributed by atoms with E-state index in [-0.39, 0.29) is 17.6 Å². The van der Waals surface area contributed by atoms with Crippen molar-refractivity contribution in [3.05, 3.63) is 23.7 Å². The van der Waals surface area contributed by atoms with Gasteiger partial charge in [0.05, 0.1) is 5.92 Å². The molecule has 1 unspecified atom stereocenters. The summed E-state index contributed by atoms with van der Waals surface area (Å²) in [6, 6.07) is 2.97. The van der Waals surface area contributed by atoms with Crippen molar-refractivity contribution in [2.45, 2.75) is 46.1 Å². The van der Waals surface area contributed by atoms with Crippen LogP contribution in [0.25, 0.3) is 0 Å². The van der Waals surface area contributed by atoms with Gasteiger partial charge in [0.15, 0.2) is 0 Å². The topological polar surface area (TPSA) is 76.7 Å². The summed E-state index contributed by atoms with van der Waals surface area (Å²) in [5.41, 5.74) is -0.528. The van der Waals surface area contributed by atoms with E-state index in [4.69, 9.17) is 14.3 Å². The molecule has 0 spiro atoms. The summed E-state index contributed by atoms with van der Waals surface area (Å²) in [6.45, 7) is 7.32. The molecule has 5 heteroatoms. The predicted octanol–water partition coefficient (Wildman–Crippen LogP) is 2.89. The highest BCUT2D eigenvalue weighted by Gasteiger charge is 2.25. The minimum absolute atomic E-state index is 0.117. The average Bonchev–Trinajstić information content (AvgIpc) is 2.71. The Morgan fingerprint density at radius 2 is 2.00 bits per heavy atom. The summed E-state index contributed by atoms with van der Waals surface area (Å²) in [5, 5.41) is 8.77. The summed E-state index contributed by atoms with van der Waals surface area (Å²) in [7, 11) is 0. The first kappa shape index (κ1) is 15.3. The van der Waals surface area contributed by atoms with Crippen molar-refractivity contribution in [2.24, 2.45) is 5.92 Å². The minimum Gasteiger partial charge on any atom is -0.475 e. The molecule has 0 saturated carbocycles. The molecule has 0 fully saturated rings. The summed E-state index contributed by atoms with van der Waals surface area (Å²) >= 11 is 0. The number of carboxylic acids is 1. The molecule has 0 aliphatic carbocycles. The van der Waals surface area contributed by atoms with Gasteiger partial charge in [-0.3, -0.25) is 4.79 Å². The lowest BCUT2D eigenvalue weighted by atomic mass is 10.0. The second-order valence-electron chi connectivity index (χ2n) is 5.41. The summed E-state index contributed by atoms with van der Waals surface area (Å²) in [4.78, 5) is 22.7. The van der Waals surface area contributed by atoms with Gasteiger partial charge in [-0.2, -0.15) is 0 Å². The van der Waals surface area contributed by atoms with Gasteiger partial charge in [-0.05, 0) is 39.3 Å². The van der Waals surface area contributed by atoms with E-state index < -0.39 is 11.6 Å². The summed E-state index contributed by atoms with van der Waals surface area (Å²) in [5.74, 6) is -1.36. The highest BCUT2D eigenvalue weighted by atomic mass is 16.6. The first-order chi connectivity index (χ1) is 8.73. The number of aromatic carboxylic acids is 1. The van der Waals surface area contributed by atoms with E-state index >= 15 is 0 Å². The molecule has 19 heavy (non-hydrogen) atoms. The normalized spacial score (nSPS) is 13.1. The monoisotopic (exact) mass is 268 g/mol. The van der Waals surface area contributed by atoms with Crippen molar-refractivity contribution >= 4 is 11.9 Å². The molecule has 5 nitrogen and oxygen atoms in total. The largest absolute Gasteiger partial charge is 0.475 e. The van der Waals surface area contributed by atoms with Gasteiger partial charge >= 0.3 is 11.9 Å². The third kappa shape index (κ3) is 4.77. The Morgan fingerprint density at radius 3 is 2.42 bits per heavy atom.